The van der Waals surface area contributed by atoms with Crippen molar-refractivity contribution in [2.24, 2.45) is 0 Å². The number of hydrogen-bond donors (Lipinski definition) is 0. The van der Waals surface area contributed by atoms with Crippen LogP contribution in [-0.4, -0.2) is 44.7 Å². The van der Waals surface area contributed by atoms with Crippen molar-refractivity contribution in [3.8, 4) is 5.75 Å². The fourth-order valence-corrected chi connectivity index (χ4v) is 5.14. The Morgan fingerprint density at radius 2 is 1.93 bits per heavy atom. The number of benzene rings is 2. The van der Waals surface area contributed by atoms with Crippen molar-refractivity contribution in [3.63, 3.8) is 0 Å². The summed E-state index contributed by atoms with van der Waals surface area (Å²) in [6.45, 7) is 0.536. The van der Waals surface area contributed by atoms with Gasteiger partial charge in [-0.15, -0.1) is 0 Å². The molecule has 27 heavy (non-hydrogen) atoms. The van der Waals surface area contributed by atoms with Crippen molar-refractivity contribution < 1.29 is 22.4 Å². The molecule has 0 N–H and O–H groups in total. The van der Waals surface area contributed by atoms with E-state index in [2.05, 4.69) is 0 Å². The van der Waals surface area contributed by atoms with E-state index in [1.165, 1.54) is 12.0 Å². The maximum atomic E-state index is 12.8. The predicted molar refractivity (Wildman–Crippen MR) is 101 cm³/mol. The highest BCUT2D eigenvalue weighted by Gasteiger charge is 2.37. The van der Waals surface area contributed by atoms with Gasteiger partial charge in [-0.05, 0) is 30.7 Å². The minimum Gasteiger partial charge on any atom is -0.493 e. The van der Waals surface area contributed by atoms with E-state index in [-0.39, 0.29) is 23.1 Å². The number of ether oxygens (including phenoxy) is 1. The Balaban J connectivity index is 1.56. The van der Waals surface area contributed by atoms with Crippen LogP contribution in [0.4, 0.5) is 0 Å². The molecule has 1 aliphatic rings. The van der Waals surface area contributed by atoms with E-state index in [0.717, 1.165) is 5.39 Å². The molecule has 1 aromatic heterocycles. The van der Waals surface area contributed by atoms with Gasteiger partial charge in [0.05, 0.1) is 17.3 Å². The SMILES string of the molecule is COc1cccc2cc(C(=O)N3CCC(S(=O)(=O)c4ccccc4)C3)oc12. The summed E-state index contributed by atoms with van der Waals surface area (Å²) in [4.78, 5) is 14.6. The number of nitrogens with zero attached hydrogens (tertiary/aromatic N) is 1. The molecule has 1 aliphatic heterocycles. The quantitative estimate of drug-likeness (QED) is 0.690. The van der Waals surface area contributed by atoms with Gasteiger partial charge in [-0.25, -0.2) is 8.42 Å². The molecule has 1 saturated heterocycles. The second-order valence-electron chi connectivity index (χ2n) is 6.51. The minimum absolute atomic E-state index is 0.157. The van der Waals surface area contributed by atoms with Crippen molar-refractivity contribution in [1.82, 2.24) is 4.90 Å². The van der Waals surface area contributed by atoms with E-state index in [9.17, 15) is 13.2 Å². The summed E-state index contributed by atoms with van der Waals surface area (Å²) < 4.78 is 36.5. The Hall–Kier alpha value is -2.80. The summed E-state index contributed by atoms with van der Waals surface area (Å²) in [6, 6.07) is 15.4. The van der Waals surface area contributed by atoms with Crippen LogP contribution in [0.15, 0.2) is 63.9 Å². The zero-order valence-electron chi connectivity index (χ0n) is 14.8. The number of sulfone groups is 1. The van der Waals surface area contributed by atoms with E-state index in [1.54, 1.807) is 42.5 Å². The fraction of sp³-hybridized carbons (Fsp3) is 0.250. The lowest BCUT2D eigenvalue weighted by Gasteiger charge is -2.15. The summed E-state index contributed by atoms with van der Waals surface area (Å²) in [5.41, 5.74) is 0.510. The summed E-state index contributed by atoms with van der Waals surface area (Å²) in [5.74, 6) is 0.434. The Kier molecular flexibility index (Phi) is 4.39. The molecule has 1 fully saturated rings. The van der Waals surface area contributed by atoms with E-state index < -0.39 is 15.1 Å². The van der Waals surface area contributed by atoms with Gasteiger partial charge < -0.3 is 14.1 Å². The van der Waals surface area contributed by atoms with E-state index in [1.807, 2.05) is 12.1 Å². The lowest BCUT2D eigenvalue weighted by atomic mass is 10.2. The molecular weight excluding hydrogens is 366 g/mol. The van der Waals surface area contributed by atoms with Crippen LogP contribution in [-0.2, 0) is 9.84 Å². The highest BCUT2D eigenvalue weighted by molar-refractivity contribution is 7.92. The molecule has 0 saturated carbocycles. The molecule has 0 aliphatic carbocycles. The predicted octanol–water partition coefficient (Wildman–Crippen LogP) is 3.13. The van der Waals surface area contributed by atoms with Crippen LogP contribution in [0.25, 0.3) is 11.0 Å². The lowest BCUT2D eigenvalue weighted by molar-refractivity contribution is 0.0764. The maximum absolute atomic E-state index is 12.8. The number of furan rings is 1. The average Bonchev–Trinajstić information content (AvgIpc) is 3.35. The van der Waals surface area contributed by atoms with Gasteiger partial charge in [-0.2, -0.15) is 0 Å². The Morgan fingerprint density at radius 3 is 2.67 bits per heavy atom. The second-order valence-corrected chi connectivity index (χ2v) is 8.74. The molecule has 140 valence electrons. The van der Waals surface area contributed by atoms with Gasteiger partial charge in [-0.1, -0.05) is 30.3 Å². The van der Waals surface area contributed by atoms with Crippen molar-refractivity contribution >= 4 is 26.7 Å². The number of methoxy groups -OCH3 is 1. The minimum atomic E-state index is -3.47. The van der Waals surface area contributed by atoms with Crippen LogP contribution in [0.5, 0.6) is 5.75 Å². The van der Waals surface area contributed by atoms with Gasteiger partial charge in [0.2, 0.25) is 0 Å². The third kappa shape index (κ3) is 3.08. The summed E-state index contributed by atoms with van der Waals surface area (Å²) in [5, 5.41) is 0.160. The molecule has 3 aromatic rings. The second kappa shape index (κ2) is 6.74. The third-order valence-corrected chi connectivity index (χ3v) is 7.07. The van der Waals surface area contributed by atoms with Gasteiger partial charge in [0.1, 0.15) is 0 Å². The Bertz CT molecular complexity index is 1090. The van der Waals surface area contributed by atoms with Crippen LogP contribution >= 0.6 is 0 Å². The van der Waals surface area contributed by atoms with E-state index >= 15 is 0 Å². The number of fused-ring (bicyclic) bond motifs is 1. The topological polar surface area (TPSA) is 76.8 Å². The lowest BCUT2D eigenvalue weighted by Crippen LogP contribution is -2.31. The van der Waals surface area contributed by atoms with Crippen molar-refractivity contribution in [3.05, 3.63) is 60.4 Å². The standard InChI is InChI=1S/C20H19NO5S/c1-25-17-9-5-6-14-12-18(26-19(14)17)20(22)21-11-10-16(13-21)27(23,24)15-7-3-2-4-8-15/h2-9,12,16H,10-11,13H2,1H3. The van der Waals surface area contributed by atoms with Crippen LogP contribution < -0.4 is 4.74 Å². The molecule has 7 heteroatoms. The Morgan fingerprint density at radius 1 is 1.15 bits per heavy atom. The summed E-state index contributed by atoms with van der Waals surface area (Å²) in [7, 11) is -1.93. The number of amides is 1. The molecule has 0 bridgehead atoms. The molecule has 2 aromatic carbocycles. The van der Waals surface area contributed by atoms with Crippen molar-refractivity contribution in [1.29, 1.82) is 0 Å². The molecular formula is C20H19NO5S. The van der Waals surface area contributed by atoms with Gasteiger partial charge >= 0.3 is 0 Å². The zero-order chi connectivity index (χ0) is 19.0. The van der Waals surface area contributed by atoms with Crippen LogP contribution in [0.2, 0.25) is 0 Å². The van der Waals surface area contributed by atoms with E-state index in [0.29, 0.717) is 24.3 Å². The van der Waals surface area contributed by atoms with Gasteiger partial charge in [0.25, 0.3) is 5.91 Å². The Labute approximate surface area is 157 Å². The molecule has 4 rings (SSSR count). The monoisotopic (exact) mass is 385 g/mol. The third-order valence-electron chi connectivity index (χ3n) is 4.88. The van der Waals surface area contributed by atoms with Crippen molar-refractivity contribution in [2.75, 3.05) is 20.2 Å². The summed E-state index contributed by atoms with van der Waals surface area (Å²) >= 11 is 0. The number of rotatable bonds is 4. The first-order chi connectivity index (χ1) is 13.0. The van der Waals surface area contributed by atoms with Gasteiger partial charge in [0.15, 0.2) is 26.9 Å². The first-order valence-corrected chi connectivity index (χ1v) is 10.2. The smallest absolute Gasteiger partial charge is 0.289 e. The number of para-hydroxylation sites is 1. The summed E-state index contributed by atoms with van der Waals surface area (Å²) in [6.07, 6.45) is 0.409. The van der Waals surface area contributed by atoms with Crippen LogP contribution in [0.1, 0.15) is 17.0 Å². The number of hydrogen-bond acceptors (Lipinski definition) is 5. The van der Waals surface area contributed by atoms with Crippen molar-refractivity contribution in [2.45, 2.75) is 16.6 Å². The van der Waals surface area contributed by atoms with Gasteiger partial charge in [0, 0.05) is 18.5 Å². The largest absolute Gasteiger partial charge is 0.493 e. The average molecular weight is 385 g/mol. The van der Waals surface area contributed by atoms with Crippen LogP contribution in [0, 0.1) is 0 Å². The molecule has 0 radical (unpaired) electrons. The fourth-order valence-electron chi connectivity index (χ4n) is 3.43. The highest BCUT2D eigenvalue weighted by Crippen LogP contribution is 2.30. The first kappa shape index (κ1) is 17.6. The highest BCUT2D eigenvalue weighted by atomic mass is 32.2. The maximum Gasteiger partial charge on any atom is 0.289 e. The zero-order valence-corrected chi connectivity index (χ0v) is 15.6. The molecule has 1 amide bonds. The number of likely N-dealkylation sites (tertiary alicyclic amines) is 1. The molecule has 1 atom stereocenters. The normalized spacial score (nSPS) is 17.4. The molecule has 6 nitrogen and oxygen atoms in total. The van der Waals surface area contributed by atoms with Gasteiger partial charge in [-0.3, -0.25) is 4.79 Å². The molecule has 2 heterocycles. The van der Waals surface area contributed by atoms with Crippen LogP contribution in [0.3, 0.4) is 0 Å². The van der Waals surface area contributed by atoms with E-state index in [4.69, 9.17) is 9.15 Å². The molecule has 0 spiro atoms. The number of carbonyl (C=O) groups is 1. The first-order valence-electron chi connectivity index (χ1n) is 8.65. The number of carbonyl (C=O) groups excluding carboxylic acids is 1. The molecule has 1 unspecified atom stereocenters.